The van der Waals surface area contributed by atoms with Crippen molar-refractivity contribution in [1.82, 2.24) is 16.0 Å². The third kappa shape index (κ3) is 8.12. The van der Waals surface area contributed by atoms with Gasteiger partial charge in [-0.3, -0.25) is 4.79 Å². The molecule has 9 heteroatoms. The fourth-order valence-corrected chi connectivity index (χ4v) is 2.73. The number of halogens is 2. The lowest BCUT2D eigenvalue weighted by Gasteiger charge is -2.15. The first-order chi connectivity index (χ1) is 15.0. The number of nitrogens with one attached hydrogen (secondary N) is 3. The summed E-state index contributed by atoms with van der Waals surface area (Å²) in [5, 5.41) is 9.00. The smallest absolute Gasteiger partial charge is 0.387 e. The van der Waals surface area contributed by atoms with Crippen molar-refractivity contribution in [2.45, 2.75) is 27.0 Å². The van der Waals surface area contributed by atoms with Gasteiger partial charge in [-0.05, 0) is 32.0 Å². The molecule has 2 rings (SSSR count). The van der Waals surface area contributed by atoms with Crippen molar-refractivity contribution in [3.63, 3.8) is 0 Å². The van der Waals surface area contributed by atoms with E-state index in [0.717, 1.165) is 0 Å². The number of ether oxygens (including phenoxy) is 2. The Balaban J connectivity index is 1.97. The lowest BCUT2D eigenvalue weighted by Crippen LogP contribution is -2.41. The standard InChI is InChI=1S/C22H28F2N4O3/c1-3-25-22(27-14-13-26-20(29)16-9-6-5-7-10-16)28-15-17-11-8-12-18(30-4-2)19(17)31-21(23)24/h5-12,21H,3-4,13-15H2,1-2H3,(H,26,29)(H2,25,27,28). The van der Waals surface area contributed by atoms with Crippen molar-refractivity contribution in [3.05, 3.63) is 59.7 Å². The van der Waals surface area contributed by atoms with Crippen LogP contribution in [0.15, 0.2) is 53.5 Å². The third-order valence-electron chi connectivity index (χ3n) is 4.06. The average molecular weight is 434 g/mol. The van der Waals surface area contributed by atoms with Crippen LogP contribution < -0.4 is 25.4 Å². The van der Waals surface area contributed by atoms with E-state index >= 15 is 0 Å². The van der Waals surface area contributed by atoms with Crippen molar-refractivity contribution in [2.24, 2.45) is 4.99 Å². The van der Waals surface area contributed by atoms with Crippen LogP contribution in [0.4, 0.5) is 8.78 Å². The Kier molecular flexibility index (Phi) is 10.1. The number of para-hydroxylation sites is 1. The van der Waals surface area contributed by atoms with Crippen LogP contribution in [0.3, 0.4) is 0 Å². The number of alkyl halides is 2. The molecule has 2 aromatic carbocycles. The normalized spacial score (nSPS) is 11.2. The molecular formula is C22H28F2N4O3. The minimum absolute atomic E-state index is 0.0194. The van der Waals surface area contributed by atoms with E-state index in [1.165, 1.54) is 0 Å². The highest BCUT2D eigenvalue weighted by Crippen LogP contribution is 2.33. The number of hydrogen-bond donors (Lipinski definition) is 3. The Morgan fingerprint density at radius 2 is 1.74 bits per heavy atom. The molecule has 0 aromatic heterocycles. The van der Waals surface area contributed by atoms with E-state index in [0.29, 0.717) is 43.3 Å². The SMILES string of the molecule is CCNC(=NCc1cccc(OCC)c1OC(F)F)NCCNC(=O)c1ccccc1. The maximum Gasteiger partial charge on any atom is 0.387 e. The summed E-state index contributed by atoms with van der Waals surface area (Å²) in [7, 11) is 0. The van der Waals surface area contributed by atoms with Crippen LogP contribution in [0, 0.1) is 0 Å². The number of aliphatic imine (C=N–C) groups is 1. The summed E-state index contributed by atoms with van der Waals surface area (Å²) >= 11 is 0. The van der Waals surface area contributed by atoms with Gasteiger partial charge in [0.2, 0.25) is 0 Å². The van der Waals surface area contributed by atoms with Crippen LogP contribution in [0.1, 0.15) is 29.8 Å². The van der Waals surface area contributed by atoms with Crippen LogP contribution in [0.25, 0.3) is 0 Å². The number of hydrogen-bond acceptors (Lipinski definition) is 4. The first-order valence-corrected chi connectivity index (χ1v) is 10.1. The van der Waals surface area contributed by atoms with Gasteiger partial charge >= 0.3 is 6.61 Å². The Hall–Kier alpha value is -3.36. The van der Waals surface area contributed by atoms with Gasteiger partial charge in [0.25, 0.3) is 5.91 Å². The van der Waals surface area contributed by atoms with Gasteiger partial charge in [0.05, 0.1) is 13.2 Å². The van der Waals surface area contributed by atoms with Gasteiger partial charge in [-0.2, -0.15) is 8.78 Å². The summed E-state index contributed by atoms with van der Waals surface area (Å²) in [5.74, 6) is 0.554. The Bertz CT molecular complexity index is 848. The molecule has 0 unspecified atom stereocenters. The van der Waals surface area contributed by atoms with Gasteiger partial charge in [0, 0.05) is 30.8 Å². The van der Waals surface area contributed by atoms with E-state index in [2.05, 4.69) is 25.7 Å². The molecule has 0 radical (unpaired) electrons. The predicted octanol–water partition coefficient (Wildman–Crippen LogP) is 3.17. The van der Waals surface area contributed by atoms with E-state index in [1.807, 2.05) is 13.0 Å². The second kappa shape index (κ2) is 13.0. The molecule has 0 fully saturated rings. The molecule has 0 aliphatic rings. The molecule has 31 heavy (non-hydrogen) atoms. The van der Waals surface area contributed by atoms with Crippen LogP contribution in [0.5, 0.6) is 11.5 Å². The Morgan fingerprint density at radius 3 is 2.42 bits per heavy atom. The monoisotopic (exact) mass is 434 g/mol. The molecule has 0 aliphatic heterocycles. The predicted molar refractivity (Wildman–Crippen MR) is 116 cm³/mol. The maximum atomic E-state index is 12.9. The molecule has 7 nitrogen and oxygen atoms in total. The molecule has 0 saturated heterocycles. The number of rotatable bonds is 11. The first kappa shape index (κ1) is 23.9. The Morgan fingerprint density at radius 1 is 1.00 bits per heavy atom. The van der Waals surface area contributed by atoms with E-state index in [4.69, 9.17) is 4.74 Å². The van der Waals surface area contributed by atoms with Crippen molar-refractivity contribution in [1.29, 1.82) is 0 Å². The summed E-state index contributed by atoms with van der Waals surface area (Å²) in [4.78, 5) is 16.5. The number of carbonyl (C=O) groups is 1. The zero-order valence-electron chi connectivity index (χ0n) is 17.7. The highest BCUT2D eigenvalue weighted by Gasteiger charge is 2.15. The number of amides is 1. The van der Waals surface area contributed by atoms with Gasteiger partial charge < -0.3 is 25.4 Å². The number of carbonyl (C=O) groups excluding carboxylic acids is 1. The summed E-state index contributed by atoms with van der Waals surface area (Å²) < 4.78 is 35.8. The Labute approximate surface area is 180 Å². The zero-order chi connectivity index (χ0) is 22.5. The lowest BCUT2D eigenvalue weighted by atomic mass is 10.2. The van der Waals surface area contributed by atoms with Crippen LogP contribution in [0.2, 0.25) is 0 Å². The van der Waals surface area contributed by atoms with Crippen molar-refractivity contribution < 1.29 is 23.0 Å². The molecule has 0 bridgehead atoms. The van der Waals surface area contributed by atoms with Crippen LogP contribution >= 0.6 is 0 Å². The van der Waals surface area contributed by atoms with Gasteiger partial charge in [-0.15, -0.1) is 0 Å². The second-order valence-electron chi connectivity index (χ2n) is 6.30. The molecular weight excluding hydrogens is 406 g/mol. The molecule has 0 spiro atoms. The number of benzene rings is 2. The topological polar surface area (TPSA) is 84.0 Å². The molecule has 168 valence electrons. The lowest BCUT2D eigenvalue weighted by molar-refractivity contribution is -0.0520. The van der Waals surface area contributed by atoms with Crippen molar-refractivity contribution in [2.75, 3.05) is 26.2 Å². The number of guanidine groups is 1. The fraction of sp³-hybridized carbons (Fsp3) is 0.364. The molecule has 0 aliphatic carbocycles. The van der Waals surface area contributed by atoms with Crippen molar-refractivity contribution in [3.8, 4) is 11.5 Å². The molecule has 0 atom stereocenters. The number of nitrogens with zero attached hydrogens (tertiary/aromatic N) is 1. The summed E-state index contributed by atoms with van der Waals surface area (Å²) in [6, 6.07) is 13.9. The zero-order valence-corrected chi connectivity index (χ0v) is 17.7. The second-order valence-corrected chi connectivity index (χ2v) is 6.30. The minimum atomic E-state index is -2.97. The molecule has 1 amide bonds. The van der Waals surface area contributed by atoms with Crippen molar-refractivity contribution >= 4 is 11.9 Å². The van der Waals surface area contributed by atoms with Gasteiger partial charge in [0.15, 0.2) is 17.5 Å². The largest absolute Gasteiger partial charge is 0.490 e. The summed E-state index contributed by atoms with van der Waals surface area (Å²) in [6.07, 6.45) is 0. The summed E-state index contributed by atoms with van der Waals surface area (Å²) in [6.45, 7) is 2.57. The highest BCUT2D eigenvalue weighted by atomic mass is 19.3. The first-order valence-electron chi connectivity index (χ1n) is 10.1. The highest BCUT2D eigenvalue weighted by molar-refractivity contribution is 5.94. The van der Waals surface area contributed by atoms with Crippen LogP contribution in [-0.2, 0) is 6.54 Å². The quantitative estimate of drug-likeness (QED) is 0.287. The molecule has 0 saturated carbocycles. The van der Waals surface area contributed by atoms with Gasteiger partial charge in [-0.25, -0.2) is 4.99 Å². The molecule has 2 aromatic rings. The van der Waals surface area contributed by atoms with Crippen LogP contribution in [-0.4, -0.2) is 44.7 Å². The van der Waals surface area contributed by atoms with Gasteiger partial charge in [-0.1, -0.05) is 30.3 Å². The van der Waals surface area contributed by atoms with E-state index in [9.17, 15) is 13.6 Å². The summed E-state index contributed by atoms with van der Waals surface area (Å²) in [5.41, 5.74) is 1.06. The average Bonchev–Trinajstić information content (AvgIpc) is 2.77. The third-order valence-corrected chi connectivity index (χ3v) is 4.06. The van der Waals surface area contributed by atoms with E-state index < -0.39 is 6.61 Å². The fourth-order valence-electron chi connectivity index (χ4n) is 2.73. The van der Waals surface area contributed by atoms with E-state index in [1.54, 1.807) is 49.4 Å². The van der Waals surface area contributed by atoms with Gasteiger partial charge in [0.1, 0.15) is 0 Å². The maximum absolute atomic E-state index is 12.9. The van der Waals surface area contributed by atoms with E-state index in [-0.39, 0.29) is 24.0 Å². The molecule has 3 N–H and O–H groups in total. The molecule has 0 heterocycles. The minimum Gasteiger partial charge on any atom is -0.490 e.